The van der Waals surface area contributed by atoms with Crippen LogP contribution in [-0.2, 0) is 13.0 Å². The van der Waals surface area contributed by atoms with E-state index in [1.165, 1.54) is 5.56 Å². The lowest BCUT2D eigenvalue weighted by molar-refractivity contribution is 0.798. The Balaban J connectivity index is 2.05. The summed E-state index contributed by atoms with van der Waals surface area (Å²) in [6, 6.07) is 10.3. The molecule has 0 spiro atoms. The third-order valence-electron chi connectivity index (χ3n) is 2.34. The number of hydrogen-bond donors (Lipinski definition) is 1. The van der Waals surface area contributed by atoms with E-state index in [9.17, 15) is 0 Å². The second-order valence-corrected chi connectivity index (χ2v) is 3.70. The minimum atomic E-state index is 0.792. The highest BCUT2D eigenvalue weighted by Crippen LogP contribution is 2.05. The average Bonchev–Trinajstić information content (AvgIpc) is 2.33. The molecule has 0 saturated heterocycles. The second-order valence-electron chi connectivity index (χ2n) is 3.70. The molecule has 3 heteroatoms. The van der Waals surface area contributed by atoms with Crippen LogP contribution in [0.3, 0.4) is 0 Å². The third kappa shape index (κ3) is 2.87. The predicted molar refractivity (Wildman–Crippen MR) is 64.0 cm³/mol. The molecule has 1 N–H and O–H groups in total. The van der Waals surface area contributed by atoms with Crippen molar-refractivity contribution in [3.8, 4) is 0 Å². The fourth-order valence-corrected chi connectivity index (χ4v) is 1.55. The molecule has 0 aliphatic rings. The van der Waals surface area contributed by atoms with Crippen molar-refractivity contribution in [2.24, 2.45) is 0 Å². The number of nitrogens with one attached hydrogen (secondary N) is 1. The van der Waals surface area contributed by atoms with E-state index in [0.29, 0.717) is 0 Å². The molecular weight excluding hydrogens is 198 g/mol. The van der Waals surface area contributed by atoms with Gasteiger partial charge in [-0.3, -0.25) is 0 Å². The highest BCUT2D eigenvalue weighted by atomic mass is 14.9. The van der Waals surface area contributed by atoms with Crippen molar-refractivity contribution in [3.05, 3.63) is 59.7 Å². The van der Waals surface area contributed by atoms with Gasteiger partial charge in [-0.25, -0.2) is 9.97 Å². The third-order valence-corrected chi connectivity index (χ3v) is 2.34. The van der Waals surface area contributed by atoms with Crippen LogP contribution in [0, 0.1) is 0 Å². The van der Waals surface area contributed by atoms with E-state index in [4.69, 9.17) is 0 Å². The van der Waals surface area contributed by atoms with Crippen LogP contribution in [0.5, 0.6) is 0 Å². The molecule has 0 atom stereocenters. The van der Waals surface area contributed by atoms with E-state index < -0.39 is 0 Å². The molecule has 82 valence electrons. The SMILES string of the molecule is CNCc1cnc(Cc2ccccc2)nc1. The van der Waals surface area contributed by atoms with E-state index in [2.05, 4.69) is 27.4 Å². The first kappa shape index (κ1) is 10.8. The van der Waals surface area contributed by atoms with E-state index >= 15 is 0 Å². The van der Waals surface area contributed by atoms with Crippen LogP contribution in [0.1, 0.15) is 17.0 Å². The molecule has 0 amide bonds. The Morgan fingerprint density at radius 1 is 1.00 bits per heavy atom. The van der Waals surface area contributed by atoms with E-state index in [0.717, 1.165) is 24.4 Å². The van der Waals surface area contributed by atoms with Gasteiger partial charge in [0.15, 0.2) is 0 Å². The minimum Gasteiger partial charge on any atom is -0.316 e. The Kier molecular flexibility index (Phi) is 3.62. The van der Waals surface area contributed by atoms with Gasteiger partial charge in [-0.2, -0.15) is 0 Å². The van der Waals surface area contributed by atoms with Crippen LogP contribution in [0.25, 0.3) is 0 Å². The number of hydrogen-bond acceptors (Lipinski definition) is 3. The Hall–Kier alpha value is -1.74. The van der Waals surface area contributed by atoms with E-state index in [1.807, 2.05) is 37.6 Å². The van der Waals surface area contributed by atoms with Crippen molar-refractivity contribution in [2.45, 2.75) is 13.0 Å². The molecule has 0 fully saturated rings. The van der Waals surface area contributed by atoms with Gasteiger partial charge < -0.3 is 5.32 Å². The molecule has 1 aromatic carbocycles. The van der Waals surface area contributed by atoms with Gasteiger partial charge in [0.2, 0.25) is 0 Å². The van der Waals surface area contributed by atoms with Crippen molar-refractivity contribution < 1.29 is 0 Å². The largest absolute Gasteiger partial charge is 0.316 e. The summed E-state index contributed by atoms with van der Waals surface area (Å²) in [6.07, 6.45) is 4.55. The molecule has 0 aliphatic heterocycles. The van der Waals surface area contributed by atoms with Crippen LogP contribution in [0.15, 0.2) is 42.7 Å². The summed E-state index contributed by atoms with van der Waals surface area (Å²) in [5, 5.41) is 3.07. The minimum absolute atomic E-state index is 0.792. The maximum absolute atomic E-state index is 4.34. The van der Waals surface area contributed by atoms with Gasteiger partial charge in [0.25, 0.3) is 0 Å². The lowest BCUT2D eigenvalue weighted by Gasteiger charge is -2.02. The van der Waals surface area contributed by atoms with Crippen molar-refractivity contribution in [1.29, 1.82) is 0 Å². The molecule has 2 rings (SSSR count). The first-order valence-corrected chi connectivity index (χ1v) is 5.37. The average molecular weight is 213 g/mol. The molecule has 0 aliphatic carbocycles. The lowest BCUT2D eigenvalue weighted by Crippen LogP contribution is -2.07. The van der Waals surface area contributed by atoms with Gasteiger partial charge in [0.05, 0.1) is 0 Å². The van der Waals surface area contributed by atoms with Gasteiger partial charge in [0, 0.05) is 30.9 Å². The zero-order chi connectivity index (χ0) is 11.2. The zero-order valence-electron chi connectivity index (χ0n) is 9.35. The van der Waals surface area contributed by atoms with Crippen molar-refractivity contribution >= 4 is 0 Å². The maximum atomic E-state index is 4.34. The highest BCUT2D eigenvalue weighted by Gasteiger charge is 1.98. The molecule has 0 radical (unpaired) electrons. The fraction of sp³-hybridized carbons (Fsp3) is 0.231. The van der Waals surface area contributed by atoms with Gasteiger partial charge in [-0.1, -0.05) is 30.3 Å². The molecule has 0 saturated carbocycles. The summed E-state index contributed by atoms with van der Waals surface area (Å²) < 4.78 is 0. The highest BCUT2D eigenvalue weighted by molar-refractivity contribution is 5.19. The molecule has 1 heterocycles. The monoisotopic (exact) mass is 213 g/mol. The van der Waals surface area contributed by atoms with Crippen LogP contribution < -0.4 is 5.32 Å². The van der Waals surface area contributed by atoms with Crippen LogP contribution in [0.2, 0.25) is 0 Å². The number of benzene rings is 1. The first-order valence-electron chi connectivity index (χ1n) is 5.37. The number of aromatic nitrogens is 2. The van der Waals surface area contributed by atoms with Crippen LogP contribution >= 0.6 is 0 Å². The zero-order valence-corrected chi connectivity index (χ0v) is 9.35. The fourth-order valence-electron chi connectivity index (χ4n) is 1.55. The maximum Gasteiger partial charge on any atom is 0.132 e. The molecule has 2 aromatic rings. The van der Waals surface area contributed by atoms with E-state index in [1.54, 1.807) is 0 Å². The van der Waals surface area contributed by atoms with Crippen molar-refractivity contribution in [1.82, 2.24) is 15.3 Å². The quantitative estimate of drug-likeness (QED) is 0.841. The summed E-state index contributed by atoms with van der Waals surface area (Å²) >= 11 is 0. The summed E-state index contributed by atoms with van der Waals surface area (Å²) in [6.45, 7) is 0.811. The standard InChI is InChI=1S/C13H15N3/c1-14-8-12-9-15-13(16-10-12)7-11-5-3-2-4-6-11/h2-6,9-10,14H,7-8H2,1H3. The number of rotatable bonds is 4. The summed E-state index contributed by atoms with van der Waals surface area (Å²) in [5.74, 6) is 0.867. The van der Waals surface area contributed by atoms with Gasteiger partial charge in [0.1, 0.15) is 5.82 Å². The molecule has 3 nitrogen and oxygen atoms in total. The van der Waals surface area contributed by atoms with E-state index in [-0.39, 0.29) is 0 Å². The van der Waals surface area contributed by atoms with Gasteiger partial charge >= 0.3 is 0 Å². The first-order chi connectivity index (χ1) is 7.88. The summed E-state index contributed by atoms with van der Waals surface area (Å²) in [4.78, 5) is 8.68. The Morgan fingerprint density at radius 3 is 2.31 bits per heavy atom. The smallest absolute Gasteiger partial charge is 0.132 e. The van der Waals surface area contributed by atoms with Crippen molar-refractivity contribution in [3.63, 3.8) is 0 Å². The molecule has 16 heavy (non-hydrogen) atoms. The Morgan fingerprint density at radius 2 is 1.69 bits per heavy atom. The molecule has 0 unspecified atom stereocenters. The van der Waals surface area contributed by atoms with Gasteiger partial charge in [-0.15, -0.1) is 0 Å². The number of nitrogens with zero attached hydrogens (tertiary/aromatic N) is 2. The normalized spacial score (nSPS) is 10.3. The molecular formula is C13H15N3. The van der Waals surface area contributed by atoms with Gasteiger partial charge in [-0.05, 0) is 12.6 Å². The van der Waals surface area contributed by atoms with Crippen molar-refractivity contribution in [2.75, 3.05) is 7.05 Å². The topological polar surface area (TPSA) is 37.8 Å². The molecule has 1 aromatic heterocycles. The van der Waals surface area contributed by atoms with Crippen LogP contribution in [-0.4, -0.2) is 17.0 Å². The predicted octanol–water partition coefficient (Wildman–Crippen LogP) is 1.79. The second kappa shape index (κ2) is 5.37. The van der Waals surface area contributed by atoms with Crippen LogP contribution in [0.4, 0.5) is 0 Å². The molecule has 0 bridgehead atoms. The lowest BCUT2D eigenvalue weighted by atomic mass is 10.1. The summed E-state index contributed by atoms with van der Waals surface area (Å²) in [5.41, 5.74) is 2.35. The Bertz CT molecular complexity index is 423. The Labute approximate surface area is 95.6 Å². The summed E-state index contributed by atoms with van der Waals surface area (Å²) in [7, 11) is 1.91.